The highest BCUT2D eigenvalue weighted by Gasteiger charge is 2.35. The Kier molecular flexibility index (Phi) is 12.2. The molecular weight excluding hydrogens is 624 g/mol. The van der Waals surface area contributed by atoms with Crippen molar-refractivity contribution >= 4 is 48.7 Å². The Labute approximate surface area is 279 Å². The maximum Gasteiger partial charge on any atom is 0.435 e. The van der Waals surface area contributed by atoms with Gasteiger partial charge in [-0.3, -0.25) is 0 Å². The molecule has 254 valence electrons. The maximum absolute atomic E-state index is 13.6. The van der Waals surface area contributed by atoms with Gasteiger partial charge in [0.2, 0.25) is 0 Å². The van der Waals surface area contributed by atoms with Crippen LogP contribution in [0.25, 0.3) is 10.9 Å². The molecule has 2 aromatic carbocycles. The van der Waals surface area contributed by atoms with Crippen LogP contribution in [0, 0.1) is 6.92 Å². The summed E-state index contributed by atoms with van der Waals surface area (Å²) in [5, 5.41) is 5.67. The van der Waals surface area contributed by atoms with Crippen LogP contribution in [0.15, 0.2) is 36.4 Å². The number of rotatable bonds is 12. The van der Waals surface area contributed by atoms with Gasteiger partial charge in [0.1, 0.15) is 23.6 Å². The van der Waals surface area contributed by atoms with E-state index in [1.807, 2.05) is 52.0 Å². The van der Waals surface area contributed by atoms with Gasteiger partial charge in [0, 0.05) is 11.5 Å². The topological polar surface area (TPSA) is 118 Å². The summed E-state index contributed by atoms with van der Waals surface area (Å²) in [4.78, 5) is 28.1. The number of hydrogen-bond acceptors (Lipinski definition) is 8. The number of halogens is 1. The fourth-order valence-electron chi connectivity index (χ4n) is 5.12. The molecule has 2 N–H and O–H groups in total. The fraction of sp³-hybridized carbons (Fsp3) is 0.559. The van der Waals surface area contributed by atoms with Gasteiger partial charge in [0.25, 0.3) is 0 Å². The summed E-state index contributed by atoms with van der Waals surface area (Å²) in [5.74, 6) is 0.522. The zero-order valence-corrected chi connectivity index (χ0v) is 30.8. The third-order valence-corrected chi connectivity index (χ3v) is 12.8. The highest BCUT2D eigenvalue weighted by Crippen LogP contribution is 2.33. The third-order valence-electron chi connectivity index (χ3n) is 7.79. The van der Waals surface area contributed by atoms with Crippen molar-refractivity contribution in [2.75, 3.05) is 25.4 Å². The first-order chi connectivity index (χ1) is 21.4. The minimum absolute atomic E-state index is 0.164. The molecule has 46 heavy (non-hydrogen) atoms. The Morgan fingerprint density at radius 2 is 1.61 bits per heavy atom. The molecule has 12 heteroatoms. The number of nitrogens with two attached hydrogens (primary N) is 1. The first-order valence-electron chi connectivity index (χ1n) is 16.0. The van der Waals surface area contributed by atoms with Gasteiger partial charge in [-0.1, -0.05) is 38.4 Å². The highest BCUT2D eigenvalue weighted by atomic mass is 35.5. The number of fused-ring (bicyclic) bond motifs is 1. The number of nitrogens with zero attached hydrogens (tertiary/aromatic N) is 3. The summed E-state index contributed by atoms with van der Waals surface area (Å²) >= 11 is 6.26. The molecule has 1 atom stereocenters. The van der Waals surface area contributed by atoms with E-state index in [1.165, 1.54) is 4.68 Å². The van der Waals surface area contributed by atoms with Crippen LogP contribution in [-0.2, 0) is 13.9 Å². The van der Waals surface area contributed by atoms with Crippen LogP contribution >= 0.6 is 11.6 Å². The number of nitrogen functional groups attached to an aromatic ring is 1. The smallest absolute Gasteiger partial charge is 0.435 e. The molecule has 1 unspecified atom stereocenters. The van der Waals surface area contributed by atoms with Crippen LogP contribution in [0.1, 0.15) is 79.7 Å². The summed E-state index contributed by atoms with van der Waals surface area (Å²) < 4.78 is 25.7. The number of aryl methyl sites for hydroxylation is 1. The first-order valence-corrected chi connectivity index (χ1v) is 18.9. The predicted molar refractivity (Wildman–Crippen MR) is 186 cm³/mol. The van der Waals surface area contributed by atoms with Gasteiger partial charge in [-0.25, -0.2) is 9.59 Å². The zero-order valence-electron chi connectivity index (χ0n) is 29.0. The monoisotopic (exact) mass is 674 g/mol. The van der Waals surface area contributed by atoms with E-state index in [2.05, 4.69) is 25.9 Å². The second-order valence-corrected chi connectivity index (χ2v) is 18.7. The molecule has 0 radical (unpaired) electrons. The van der Waals surface area contributed by atoms with Crippen LogP contribution in [0.2, 0.25) is 23.2 Å². The quantitative estimate of drug-likeness (QED) is 0.150. The SMILES string of the molecule is CC[Si](CC)(CC)OC(CN(CCOc1ccc2c(C)nn(C(=O)OC(C)(C)C)c2c1)C(=O)OC(C)(C)C)c1ccc(Cl)c(N)c1. The molecule has 0 fully saturated rings. The lowest BCUT2D eigenvalue weighted by molar-refractivity contribution is 0.0131. The molecule has 0 saturated heterocycles. The van der Waals surface area contributed by atoms with Crippen LogP contribution in [-0.4, -0.2) is 66.1 Å². The Balaban J connectivity index is 1.90. The summed E-state index contributed by atoms with van der Waals surface area (Å²) in [7, 11) is -2.11. The van der Waals surface area contributed by atoms with Crippen molar-refractivity contribution in [3.8, 4) is 5.75 Å². The second kappa shape index (κ2) is 15.1. The van der Waals surface area contributed by atoms with Gasteiger partial charge in [-0.05, 0) is 96.4 Å². The van der Waals surface area contributed by atoms with Crippen molar-refractivity contribution in [3.63, 3.8) is 0 Å². The van der Waals surface area contributed by atoms with Crippen molar-refractivity contribution in [2.45, 2.75) is 105 Å². The van der Waals surface area contributed by atoms with Gasteiger partial charge in [0.05, 0.1) is 41.1 Å². The lowest BCUT2D eigenvalue weighted by Crippen LogP contribution is -2.45. The van der Waals surface area contributed by atoms with Gasteiger partial charge >= 0.3 is 12.2 Å². The summed E-state index contributed by atoms with van der Waals surface area (Å²) in [6, 6.07) is 13.7. The standard InChI is InChI=1S/C34H51ClN4O6Si/c1-11-46(12-2,13-3)45-30(24-14-17-27(35)28(36)20-24)22-38(31(40)43-33(5,6)7)18-19-42-25-15-16-26-23(4)37-39(29(26)21-25)32(41)44-34(8,9)10/h14-17,20-21,30H,11-13,18-19,22,36H2,1-10H3. The van der Waals surface area contributed by atoms with Gasteiger partial charge in [-0.15, -0.1) is 0 Å². The van der Waals surface area contributed by atoms with E-state index in [0.717, 1.165) is 29.1 Å². The van der Waals surface area contributed by atoms with Crippen LogP contribution < -0.4 is 10.5 Å². The number of anilines is 1. The molecule has 10 nitrogen and oxygen atoms in total. The molecule has 0 aliphatic rings. The number of amides is 1. The normalized spacial score (nSPS) is 13.0. The average Bonchev–Trinajstić information content (AvgIpc) is 3.30. The van der Waals surface area contributed by atoms with E-state index in [1.54, 1.807) is 37.8 Å². The highest BCUT2D eigenvalue weighted by molar-refractivity contribution is 6.73. The van der Waals surface area contributed by atoms with E-state index in [9.17, 15) is 9.59 Å². The van der Waals surface area contributed by atoms with E-state index >= 15 is 0 Å². The lowest BCUT2D eigenvalue weighted by atomic mass is 10.1. The maximum atomic E-state index is 13.6. The third kappa shape index (κ3) is 9.86. The summed E-state index contributed by atoms with van der Waals surface area (Å²) in [5.41, 5.74) is 7.40. The minimum Gasteiger partial charge on any atom is -0.492 e. The predicted octanol–water partition coefficient (Wildman–Crippen LogP) is 8.74. The summed E-state index contributed by atoms with van der Waals surface area (Å²) in [6.07, 6.45) is -1.49. The largest absolute Gasteiger partial charge is 0.492 e. The van der Waals surface area contributed by atoms with Crippen molar-refractivity contribution in [2.24, 2.45) is 0 Å². The van der Waals surface area contributed by atoms with Crippen molar-refractivity contribution in [3.05, 3.63) is 52.7 Å². The molecule has 0 aliphatic heterocycles. The van der Waals surface area contributed by atoms with E-state index in [-0.39, 0.29) is 19.7 Å². The molecule has 0 aliphatic carbocycles. The Morgan fingerprint density at radius 1 is 0.978 bits per heavy atom. The number of carbonyl (C=O) groups excluding carboxylic acids is 2. The number of carbonyl (C=O) groups is 2. The average molecular weight is 675 g/mol. The van der Waals surface area contributed by atoms with Gasteiger partial charge in [-0.2, -0.15) is 9.78 Å². The zero-order chi connectivity index (χ0) is 34.4. The van der Waals surface area contributed by atoms with Crippen molar-refractivity contribution < 1.29 is 28.2 Å². The molecule has 3 aromatic rings. The van der Waals surface area contributed by atoms with E-state index in [0.29, 0.717) is 27.7 Å². The molecule has 1 heterocycles. The lowest BCUT2D eigenvalue weighted by Gasteiger charge is -2.36. The van der Waals surface area contributed by atoms with Crippen LogP contribution in [0.4, 0.5) is 15.3 Å². The van der Waals surface area contributed by atoms with Crippen LogP contribution in [0.3, 0.4) is 0 Å². The van der Waals surface area contributed by atoms with E-state index < -0.39 is 37.8 Å². The number of aromatic nitrogens is 2. The Bertz CT molecular complexity index is 1500. The van der Waals surface area contributed by atoms with Gasteiger partial charge in [0.15, 0.2) is 8.32 Å². The van der Waals surface area contributed by atoms with Crippen molar-refractivity contribution in [1.29, 1.82) is 0 Å². The minimum atomic E-state index is -2.11. The van der Waals surface area contributed by atoms with E-state index in [4.69, 9.17) is 36.0 Å². The van der Waals surface area contributed by atoms with Crippen LogP contribution in [0.5, 0.6) is 5.75 Å². The molecular formula is C34H51ClN4O6Si. The number of ether oxygens (including phenoxy) is 3. The Morgan fingerprint density at radius 3 is 2.17 bits per heavy atom. The molecule has 3 rings (SSSR count). The molecule has 1 amide bonds. The molecule has 1 aromatic heterocycles. The number of benzene rings is 2. The Hall–Kier alpha value is -3.28. The molecule has 0 spiro atoms. The summed E-state index contributed by atoms with van der Waals surface area (Å²) in [6.45, 7) is 19.9. The molecule has 0 saturated carbocycles. The number of hydrogen-bond donors (Lipinski definition) is 1. The fourth-order valence-corrected chi connectivity index (χ4v) is 8.05. The first kappa shape index (κ1) is 37.2. The van der Waals surface area contributed by atoms with Crippen molar-refractivity contribution in [1.82, 2.24) is 14.7 Å². The molecule has 0 bridgehead atoms. The second-order valence-electron chi connectivity index (χ2n) is 13.6. The van der Waals surface area contributed by atoms with Gasteiger partial charge < -0.3 is 29.3 Å².